The predicted molar refractivity (Wildman–Crippen MR) is 74.5 cm³/mol. The molecule has 0 amide bonds. The Bertz CT molecular complexity index is 361. The first-order chi connectivity index (χ1) is 8.25. The highest BCUT2D eigenvalue weighted by Gasteiger charge is 2.09. The first-order valence-corrected chi connectivity index (χ1v) is 7.10. The summed E-state index contributed by atoms with van der Waals surface area (Å²) in [5, 5.41) is 0. The maximum atomic E-state index is 5.35. The molecule has 0 N–H and O–H groups in total. The van der Waals surface area contributed by atoms with Crippen molar-refractivity contribution in [1.82, 2.24) is 4.90 Å². The second-order valence-electron chi connectivity index (χ2n) is 4.65. The molecular weight excluding hydrogens is 278 g/mol. The van der Waals surface area contributed by atoms with Gasteiger partial charge >= 0.3 is 0 Å². The molecule has 1 aliphatic heterocycles. The predicted octanol–water partition coefficient (Wildman–Crippen LogP) is 3.02. The van der Waals surface area contributed by atoms with Crippen molar-refractivity contribution in [3.8, 4) is 0 Å². The molecular formula is C14H20BrNO. The van der Waals surface area contributed by atoms with Crippen LogP contribution in [0.25, 0.3) is 0 Å². The summed E-state index contributed by atoms with van der Waals surface area (Å²) in [7, 11) is 0. The van der Waals surface area contributed by atoms with Gasteiger partial charge in [-0.25, -0.2) is 0 Å². The van der Waals surface area contributed by atoms with Crippen molar-refractivity contribution in [2.45, 2.75) is 19.8 Å². The largest absolute Gasteiger partial charge is 0.379 e. The first kappa shape index (κ1) is 13.1. The number of ether oxygens (including phenoxy) is 1. The van der Waals surface area contributed by atoms with Crippen molar-refractivity contribution in [3.63, 3.8) is 0 Å². The van der Waals surface area contributed by atoms with Gasteiger partial charge in [-0.15, -0.1) is 0 Å². The smallest absolute Gasteiger partial charge is 0.0594 e. The fraction of sp³-hybridized carbons (Fsp3) is 0.571. The summed E-state index contributed by atoms with van der Waals surface area (Å²) in [6.07, 6.45) is 2.37. The Kier molecular flexibility index (Phi) is 5.01. The van der Waals surface area contributed by atoms with Gasteiger partial charge in [-0.05, 0) is 43.5 Å². The quantitative estimate of drug-likeness (QED) is 0.847. The van der Waals surface area contributed by atoms with Crippen LogP contribution in [0.15, 0.2) is 22.7 Å². The molecule has 2 rings (SSSR count). The average Bonchev–Trinajstić information content (AvgIpc) is 2.33. The van der Waals surface area contributed by atoms with Gasteiger partial charge in [0, 0.05) is 17.6 Å². The van der Waals surface area contributed by atoms with Crippen molar-refractivity contribution in [2.24, 2.45) is 0 Å². The SMILES string of the molecule is Cc1ccc(CCCN2CCOCC2)c(Br)c1. The summed E-state index contributed by atoms with van der Waals surface area (Å²) in [5.74, 6) is 0. The number of benzene rings is 1. The summed E-state index contributed by atoms with van der Waals surface area (Å²) in [6.45, 7) is 7.29. The Morgan fingerprint density at radius 3 is 2.76 bits per heavy atom. The summed E-state index contributed by atoms with van der Waals surface area (Å²) in [4.78, 5) is 2.49. The molecule has 1 fully saturated rings. The summed E-state index contributed by atoms with van der Waals surface area (Å²) < 4.78 is 6.60. The van der Waals surface area contributed by atoms with Crippen molar-refractivity contribution >= 4 is 15.9 Å². The highest BCUT2D eigenvalue weighted by Crippen LogP contribution is 2.19. The Hall–Kier alpha value is -0.380. The van der Waals surface area contributed by atoms with E-state index in [1.54, 1.807) is 0 Å². The molecule has 0 atom stereocenters. The van der Waals surface area contributed by atoms with E-state index in [1.807, 2.05) is 0 Å². The van der Waals surface area contributed by atoms with Crippen LogP contribution in [0.4, 0.5) is 0 Å². The standard InChI is InChI=1S/C14H20BrNO/c1-12-4-5-13(14(15)11-12)3-2-6-16-7-9-17-10-8-16/h4-5,11H,2-3,6-10H2,1H3. The molecule has 0 spiro atoms. The van der Waals surface area contributed by atoms with Crippen LogP contribution >= 0.6 is 15.9 Å². The van der Waals surface area contributed by atoms with Gasteiger partial charge in [-0.3, -0.25) is 4.90 Å². The third-order valence-corrected chi connectivity index (χ3v) is 3.97. The zero-order chi connectivity index (χ0) is 12.1. The Balaban J connectivity index is 1.77. The van der Waals surface area contributed by atoms with Crippen molar-refractivity contribution in [3.05, 3.63) is 33.8 Å². The molecule has 3 heteroatoms. The molecule has 17 heavy (non-hydrogen) atoms. The molecule has 1 saturated heterocycles. The van der Waals surface area contributed by atoms with E-state index in [1.165, 1.54) is 28.6 Å². The molecule has 0 bridgehead atoms. The van der Waals surface area contributed by atoms with Crippen LogP contribution in [-0.4, -0.2) is 37.7 Å². The van der Waals surface area contributed by atoms with E-state index >= 15 is 0 Å². The molecule has 0 unspecified atom stereocenters. The highest BCUT2D eigenvalue weighted by molar-refractivity contribution is 9.10. The third-order valence-electron chi connectivity index (χ3n) is 3.23. The second-order valence-corrected chi connectivity index (χ2v) is 5.51. The zero-order valence-electron chi connectivity index (χ0n) is 10.4. The van der Waals surface area contributed by atoms with Gasteiger partial charge in [-0.1, -0.05) is 28.1 Å². The molecule has 0 saturated carbocycles. The normalized spacial score (nSPS) is 17.3. The van der Waals surface area contributed by atoms with E-state index in [9.17, 15) is 0 Å². The van der Waals surface area contributed by atoms with Crippen molar-refractivity contribution < 1.29 is 4.74 Å². The van der Waals surface area contributed by atoms with E-state index in [0.29, 0.717) is 0 Å². The maximum Gasteiger partial charge on any atom is 0.0594 e. The minimum atomic E-state index is 0.897. The Labute approximate surface area is 112 Å². The van der Waals surface area contributed by atoms with E-state index < -0.39 is 0 Å². The molecule has 1 heterocycles. The molecule has 1 aromatic carbocycles. The maximum absolute atomic E-state index is 5.35. The number of nitrogens with zero attached hydrogens (tertiary/aromatic N) is 1. The molecule has 1 aliphatic rings. The fourth-order valence-corrected chi connectivity index (χ4v) is 2.86. The Morgan fingerprint density at radius 2 is 2.06 bits per heavy atom. The second kappa shape index (κ2) is 6.53. The number of rotatable bonds is 4. The molecule has 0 radical (unpaired) electrons. The lowest BCUT2D eigenvalue weighted by Crippen LogP contribution is -2.36. The third kappa shape index (κ3) is 4.09. The molecule has 0 aliphatic carbocycles. The van der Waals surface area contributed by atoms with E-state index in [2.05, 4.69) is 46.0 Å². The van der Waals surface area contributed by atoms with Gasteiger partial charge in [0.25, 0.3) is 0 Å². The number of hydrogen-bond donors (Lipinski definition) is 0. The van der Waals surface area contributed by atoms with Crippen LogP contribution in [0.3, 0.4) is 0 Å². The highest BCUT2D eigenvalue weighted by atomic mass is 79.9. The average molecular weight is 298 g/mol. The minimum Gasteiger partial charge on any atom is -0.379 e. The molecule has 2 nitrogen and oxygen atoms in total. The van der Waals surface area contributed by atoms with Crippen molar-refractivity contribution in [1.29, 1.82) is 0 Å². The van der Waals surface area contributed by atoms with Gasteiger partial charge < -0.3 is 4.74 Å². The van der Waals surface area contributed by atoms with Crippen LogP contribution in [0, 0.1) is 6.92 Å². The lowest BCUT2D eigenvalue weighted by Gasteiger charge is -2.26. The van der Waals surface area contributed by atoms with E-state index in [-0.39, 0.29) is 0 Å². The lowest BCUT2D eigenvalue weighted by molar-refractivity contribution is 0.0374. The van der Waals surface area contributed by atoms with Gasteiger partial charge in [0.05, 0.1) is 13.2 Å². The van der Waals surface area contributed by atoms with Crippen molar-refractivity contribution in [2.75, 3.05) is 32.8 Å². The Morgan fingerprint density at radius 1 is 1.29 bits per heavy atom. The number of aryl methyl sites for hydroxylation is 2. The fourth-order valence-electron chi connectivity index (χ4n) is 2.17. The minimum absolute atomic E-state index is 0.897. The van der Waals surface area contributed by atoms with E-state index in [4.69, 9.17) is 4.74 Å². The van der Waals surface area contributed by atoms with Gasteiger partial charge in [0.2, 0.25) is 0 Å². The molecule has 94 valence electrons. The van der Waals surface area contributed by atoms with Gasteiger partial charge in [0.1, 0.15) is 0 Å². The summed E-state index contributed by atoms with van der Waals surface area (Å²) >= 11 is 3.64. The number of morpholine rings is 1. The summed E-state index contributed by atoms with van der Waals surface area (Å²) in [5.41, 5.74) is 2.73. The number of halogens is 1. The van der Waals surface area contributed by atoms with E-state index in [0.717, 1.165) is 32.7 Å². The molecule has 0 aromatic heterocycles. The van der Waals surface area contributed by atoms with Crippen LogP contribution in [0.2, 0.25) is 0 Å². The van der Waals surface area contributed by atoms with Gasteiger partial charge in [0.15, 0.2) is 0 Å². The zero-order valence-corrected chi connectivity index (χ0v) is 12.0. The van der Waals surface area contributed by atoms with Crippen LogP contribution in [-0.2, 0) is 11.2 Å². The first-order valence-electron chi connectivity index (χ1n) is 6.31. The molecule has 1 aromatic rings. The van der Waals surface area contributed by atoms with Gasteiger partial charge in [-0.2, -0.15) is 0 Å². The van der Waals surface area contributed by atoms with Crippen LogP contribution in [0.1, 0.15) is 17.5 Å². The van der Waals surface area contributed by atoms with Crippen LogP contribution < -0.4 is 0 Å². The monoisotopic (exact) mass is 297 g/mol. The summed E-state index contributed by atoms with van der Waals surface area (Å²) in [6, 6.07) is 6.62. The number of hydrogen-bond acceptors (Lipinski definition) is 2. The topological polar surface area (TPSA) is 12.5 Å². The lowest BCUT2D eigenvalue weighted by atomic mass is 10.1. The van der Waals surface area contributed by atoms with Crippen LogP contribution in [0.5, 0.6) is 0 Å².